The zero-order valence-corrected chi connectivity index (χ0v) is 19.5. The van der Waals surface area contributed by atoms with Crippen molar-refractivity contribution in [2.75, 3.05) is 18.6 Å². The van der Waals surface area contributed by atoms with E-state index in [0.29, 0.717) is 12.2 Å². The van der Waals surface area contributed by atoms with Crippen molar-refractivity contribution in [3.8, 4) is 0 Å². The van der Waals surface area contributed by atoms with Gasteiger partial charge in [-0.05, 0) is 38.2 Å². The summed E-state index contributed by atoms with van der Waals surface area (Å²) in [7, 11) is 0. The van der Waals surface area contributed by atoms with Crippen LogP contribution in [0.1, 0.15) is 32.6 Å². The number of nitrogens with zero attached hydrogens (tertiary/aromatic N) is 1. The molecule has 0 spiro atoms. The smallest absolute Gasteiger partial charge is 0.326 e. The number of thioether (sulfide) groups is 1. The summed E-state index contributed by atoms with van der Waals surface area (Å²) in [5.41, 5.74) is 21.3. The molecule has 0 saturated carbocycles. The van der Waals surface area contributed by atoms with Crippen molar-refractivity contribution in [1.29, 1.82) is 0 Å². The minimum Gasteiger partial charge on any atom is -0.480 e. The van der Waals surface area contributed by atoms with Crippen molar-refractivity contribution in [3.05, 3.63) is 0 Å². The van der Waals surface area contributed by atoms with Gasteiger partial charge in [-0.3, -0.25) is 24.2 Å². The van der Waals surface area contributed by atoms with Crippen LogP contribution in [0.25, 0.3) is 0 Å². The summed E-state index contributed by atoms with van der Waals surface area (Å²) < 4.78 is 0. The molecule has 12 N–H and O–H groups in total. The molecule has 4 unspecified atom stereocenters. The van der Waals surface area contributed by atoms with Gasteiger partial charge in [-0.15, -0.1) is 0 Å². The quantitative estimate of drug-likeness (QED) is 0.0602. The minimum absolute atomic E-state index is 0.0770. The van der Waals surface area contributed by atoms with Gasteiger partial charge in [0.2, 0.25) is 23.6 Å². The highest BCUT2D eigenvalue weighted by molar-refractivity contribution is 7.98. The Balaban J connectivity index is 4.96. The van der Waals surface area contributed by atoms with Crippen molar-refractivity contribution >= 4 is 47.3 Å². The van der Waals surface area contributed by atoms with Crippen LogP contribution >= 0.6 is 11.8 Å². The maximum atomic E-state index is 12.5. The predicted octanol–water partition coefficient (Wildman–Crippen LogP) is -3.45. The van der Waals surface area contributed by atoms with Gasteiger partial charge in [0.05, 0.1) is 12.5 Å². The van der Waals surface area contributed by atoms with Crippen LogP contribution in [-0.2, 0) is 24.0 Å². The van der Waals surface area contributed by atoms with E-state index in [-0.39, 0.29) is 25.3 Å². The fourth-order valence-electron chi connectivity index (χ4n) is 2.51. The second-order valence-electron chi connectivity index (χ2n) is 7.20. The van der Waals surface area contributed by atoms with Crippen LogP contribution in [0.2, 0.25) is 0 Å². The monoisotopic (exact) mass is 490 g/mol. The highest BCUT2D eigenvalue weighted by atomic mass is 32.2. The fraction of sp³-hybridized carbons (Fsp3) is 0.667. The van der Waals surface area contributed by atoms with Gasteiger partial charge in [0.15, 0.2) is 5.96 Å². The van der Waals surface area contributed by atoms with Crippen LogP contribution in [-0.4, -0.2) is 83.4 Å². The second kappa shape index (κ2) is 15.7. The molecule has 33 heavy (non-hydrogen) atoms. The largest absolute Gasteiger partial charge is 0.480 e. The first-order valence-electron chi connectivity index (χ1n) is 10.1. The normalized spacial score (nSPS) is 14.2. The van der Waals surface area contributed by atoms with E-state index in [4.69, 9.17) is 22.9 Å². The molecule has 0 aliphatic rings. The molecule has 0 bridgehead atoms. The van der Waals surface area contributed by atoms with Gasteiger partial charge in [0.1, 0.15) is 18.1 Å². The van der Waals surface area contributed by atoms with Crippen LogP contribution in [0.15, 0.2) is 4.99 Å². The molecule has 4 amide bonds. The number of aliphatic carboxylic acids is 1. The third-order valence-electron chi connectivity index (χ3n) is 4.32. The predicted molar refractivity (Wildman–Crippen MR) is 124 cm³/mol. The van der Waals surface area contributed by atoms with Crippen LogP contribution in [0.5, 0.6) is 0 Å². The number of primary amides is 1. The van der Waals surface area contributed by atoms with E-state index in [2.05, 4.69) is 20.9 Å². The van der Waals surface area contributed by atoms with Crippen LogP contribution in [0.3, 0.4) is 0 Å². The zero-order chi connectivity index (χ0) is 25.6. The van der Waals surface area contributed by atoms with E-state index in [9.17, 15) is 29.1 Å². The standard InChI is InChI=1S/C18H34N8O6S/c1-9(24-15(29)10(19)4-3-6-23-18(21)22)14(28)26-12(8-13(20)27)16(30)25-11(17(31)32)5-7-33-2/h9-12H,3-8,19H2,1-2H3,(H2,20,27)(H,24,29)(H,25,30)(H,26,28)(H,31,32)(H4,21,22,23). The van der Waals surface area contributed by atoms with E-state index in [1.54, 1.807) is 6.26 Å². The Labute approximate surface area is 196 Å². The molecule has 0 aliphatic heterocycles. The Hall–Kier alpha value is -3.07. The van der Waals surface area contributed by atoms with Crippen LogP contribution < -0.4 is 38.9 Å². The summed E-state index contributed by atoms with van der Waals surface area (Å²) >= 11 is 1.40. The molecule has 0 aromatic rings. The lowest BCUT2D eigenvalue weighted by Crippen LogP contribution is -2.57. The number of amides is 4. The Bertz CT molecular complexity index is 731. The van der Waals surface area contributed by atoms with Gasteiger partial charge in [-0.2, -0.15) is 11.8 Å². The van der Waals surface area contributed by atoms with Crippen molar-refractivity contribution < 1.29 is 29.1 Å². The molecular formula is C18H34N8O6S. The first-order chi connectivity index (χ1) is 15.4. The Morgan fingerprint density at radius 2 is 1.55 bits per heavy atom. The number of aliphatic imine (C=N–C) groups is 1. The molecule has 0 aromatic carbocycles. The molecule has 0 saturated heterocycles. The lowest BCUT2D eigenvalue weighted by atomic mass is 10.1. The van der Waals surface area contributed by atoms with Crippen molar-refractivity contribution in [1.82, 2.24) is 16.0 Å². The minimum atomic E-state index is -1.42. The lowest BCUT2D eigenvalue weighted by Gasteiger charge is -2.23. The Kier molecular flexibility index (Phi) is 14.2. The third kappa shape index (κ3) is 13.2. The second-order valence-corrected chi connectivity index (χ2v) is 8.18. The van der Waals surface area contributed by atoms with Gasteiger partial charge < -0.3 is 44.0 Å². The van der Waals surface area contributed by atoms with E-state index in [1.807, 2.05) is 0 Å². The van der Waals surface area contributed by atoms with Gasteiger partial charge >= 0.3 is 5.97 Å². The average Bonchev–Trinajstić information content (AvgIpc) is 2.72. The third-order valence-corrected chi connectivity index (χ3v) is 4.96. The molecule has 0 radical (unpaired) electrons. The van der Waals surface area contributed by atoms with E-state index >= 15 is 0 Å². The topological polar surface area (TPSA) is 258 Å². The number of hydrogen-bond acceptors (Lipinski definition) is 8. The molecule has 0 aliphatic carbocycles. The Morgan fingerprint density at radius 1 is 0.939 bits per heavy atom. The number of guanidine groups is 1. The fourth-order valence-corrected chi connectivity index (χ4v) is 2.98. The summed E-state index contributed by atoms with van der Waals surface area (Å²) in [4.78, 5) is 63.6. The number of hydrogen-bond donors (Lipinski definition) is 8. The highest BCUT2D eigenvalue weighted by Crippen LogP contribution is 2.03. The number of nitrogens with one attached hydrogen (secondary N) is 3. The van der Waals surface area contributed by atoms with Gasteiger partial charge in [0.25, 0.3) is 0 Å². The molecule has 4 atom stereocenters. The summed E-state index contributed by atoms with van der Waals surface area (Å²) in [5, 5.41) is 16.3. The van der Waals surface area contributed by atoms with Gasteiger partial charge in [-0.25, -0.2) is 4.79 Å². The number of nitrogens with two attached hydrogens (primary N) is 4. The van der Waals surface area contributed by atoms with Crippen LogP contribution in [0, 0.1) is 0 Å². The maximum Gasteiger partial charge on any atom is 0.326 e. The number of carboxylic acids is 1. The summed E-state index contributed by atoms with van der Waals surface area (Å²) in [5.74, 6) is -4.02. The van der Waals surface area contributed by atoms with E-state index < -0.39 is 60.2 Å². The molecule has 15 heteroatoms. The first-order valence-corrected chi connectivity index (χ1v) is 11.5. The summed E-state index contributed by atoms with van der Waals surface area (Å²) in [6.45, 7) is 1.65. The molecule has 0 fully saturated rings. The van der Waals surface area contributed by atoms with Gasteiger partial charge in [0, 0.05) is 6.54 Å². The molecule has 14 nitrogen and oxygen atoms in total. The lowest BCUT2D eigenvalue weighted by molar-refractivity contribution is -0.142. The Morgan fingerprint density at radius 3 is 2.06 bits per heavy atom. The van der Waals surface area contributed by atoms with Crippen molar-refractivity contribution in [3.63, 3.8) is 0 Å². The summed E-state index contributed by atoms with van der Waals surface area (Å²) in [6, 6.07) is -4.65. The van der Waals surface area contributed by atoms with Crippen molar-refractivity contribution in [2.24, 2.45) is 27.9 Å². The highest BCUT2D eigenvalue weighted by Gasteiger charge is 2.29. The molecule has 0 rings (SSSR count). The van der Waals surface area contributed by atoms with Gasteiger partial charge in [-0.1, -0.05) is 0 Å². The SMILES string of the molecule is CSCCC(NC(=O)C(CC(N)=O)NC(=O)C(C)NC(=O)C(N)CCCN=C(N)N)C(=O)O. The maximum absolute atomic E-state index is 12.5. The first kappa shape index (κ1) is 29.9. The van der Waals surface area contributed by atoms with E-state index in [1.165, 1.54) is 18.7 Å². The molecule has 0 aromatic heterocycles. The summed E-state index contributed by atoms with van der Waals surface area (Å²) in [6.07, 6.45) is 2.07. The average molecular weight is 491 g/mol. The van der Waals surface area contributed by atoms with Crippen LogP contribution in [0.4, 0.5) is 0 Å². The number of carbonyl (C=O) groups is 5. The zero-order valence-electron chi connectivity index (χ0n) is 18.7. The van der Waals surface area contributed by atoms with Crippen molar-refractivity contribution in [2.45, 2.75) is 56.8 Å². The molecular weight excluding hydrogens is 456 g/mol. The molecule has 0 heterocycles. The molecule has 188 valence electrons. The van der Waals surface area contributed by atoms with E-state index in [0.717, 1.165) is 0 Å². The number of rotatable bonds is 16. The number of carbonyl (C=O) groups excluding carboxylic acids is 4. The number of carboxylic acid groups (broad SMARTS) is 1.